The summed E-state index contributed by atoms with van der Waals surface area (Å²) in [6, 6.07) is 0. The van der Waals surface area contributed by atoms with E-state index in [9.17, 15) is 18.0 Å². The Morgan fingerprint density at radius 2 is 1.89 bits per heavy atom. The summed E-state index contributed by atoms with van der Waals surface area (Å²) in [7, 11) is 0. The monoisotopic (exact) mass is 158 g/mol. The number of carbonyl (C=O) groups is 1. The molecule has 0 aromatic carbocycles. The third-order valence-corrected chi connectivity index (χ3v) is 0.529. The maximum Gasteiger partial charge on any atom is 0.409 e. The van der Waals surface area contributed by atoms with Crippen molar-refractivity contribution in [3.05, 3.63) is 12.2 Å². The van der Waals surface area contributed by atoms with Gasteiger partial charge >= 0.3 is 6.18 Å². The Hall–Kier alpha value is -0.510. The van der Waals surface area contributed by atoms with Gasteiger partial charge in [-0.1, -0.05) is 0 Å². The lowest BCUT2D eigenvalue weighted by Gasteiger charge is -1.93. The molecule has 9 heavy (non-hydrogen) atoms. The van der Waals surface area contributed by atoms with Crippen LogP contribution in [0.15, 0.2) is 12.2 Å². The lowest BCUT2D eigenvalue weighted by atomic mass is 10.5. The highest BCUT2D eigenvalue weighted by Crippen LogP contribution is 2.15. The summed E-state index contributed by atoms with van der Waals surface area (Å²) in [6.07, 6.45) is -4.42. The molecule has 0 fully saturated rings. The predicted octanol–water partition coefficient (Wildman–Crippen LogP) is 1.87. The van der Waals surface area contributed by atoms with Gasteiger partial charge in [0.2, 0.25) is 5.24 Å². The first-order valence-electron chi connectivity index (χ1n) is 1.87. The molecular weight excluding hydrogens is 156 g/mol. The van der Waals surface area contributed by atoms with Crippen LogP contribution in [0.4, 0.5) is 13.2 Å². The van der Waals surface area contributed by atoms with Crippen molar-refractivity contribution in [2.24, 2.45) is 0 Å². The predicted molar refractivity (Wildman–Crippen MR) is 26.1 cm³/mol. The Labute approximate surface area is 54.1 Å². The lowest BCUT2D eigenvalue weighted by molar-refractivity contribution is -0.108. The molecular formula is C4H2ClF3O. The maximum absolute atomic E-state index is 11.1. The van der Waals surface area contributed by atoms with E-state index in [0.29, 0.717) is 0 Å². The molecule has 0 amide bonds. The molecule has 0 N–H and O–H groups in total. The number of halogens is 4. The van der Waals surface area contributed by atoms with Crippen LogP contribution in [-0.4, -0.2) is 11.4 Å². The number of hydrogen-bond donors (Lipinski definition) is 0. The molecule has 0 unspecified atom stereocenters. The lowest BCUT2D eigenvalue weighted by Crippen LogP contribution is -2.01. The molecule has 0 bridgehead atoms. The minimum atomic E-state index is -4.45. The summed E-state index contributed by atoms with van der Waals surface area (Å²) in [5, 5.41) is -1.13. The minimum absolute atomic E-state index is 0.220. The Kier molecular flexibility index (Phi) is 2.70. The van der Waals surface area contributed by atoms with Crippen molar-refractivity contribution in [1.29, 1.82) is 0 Å². The van der Waals surface area contributed by atoms with E-state index in [1.165, 1.54) is 0 Å². The highest BCUT2D eigenvalue weighted by atomic mass is 35.5. The molecule has 0 aliphatic rings. The van der Waals surface area contributed by atoms with Crippen LogP contribution >= 0.6 is 11.6 Å². The van der Waals surface area contributed by atoms with Crippen molar-refractivity contribution < 1.29 is 18.0 Å². The molecule has 0 heterocycles. The van der Waals surface area contributed by atoms with E-state index in [1.807, 2.05) is 0 Å². The van der Waals surface area contributed by atoms with Crippen LogP contribution in [0.1, 0.15) is 0 Å². The second-order valence-corrected chi connectivity index (χ2v) is 1.55. The fourth-order valence-electron chi connectivity index (χ4n) is 0.160. The van der Waals surface area contributed by atoms with E-state index < -0.39 is 11.4 Å². The van der Waals surface area contributed by atoms with Gasteiger partial charge in [-0.05, 0) is 11.6 Å². The van der Waals surface area contributed by atoms with Gasteiger partial charge in [0.25, 0.3) is 0 Å². The van der Waals surface area contributed by atoms with Gasteiger partial charge in [-0.15, -0.1) is 0 Å². The summed E-state index contributed by atoms with van der Waals surface area (Å²) in [4.78, 5) is 9.67. The zero-order valence-corrected chi connectivity index (χ0v) is 4.83. The smallest absolute Gasteiger partial charge is 0.276 e. The summed E-state index contributed by atoms with van der Waals surface area (Å²) in [5.74, 6) is 0. The molecule has 0 spiro atoms. The molecule has 0 aromatic rings. The van der Waals surface area contributed by atoms with Crippen LogP contribution in [0, 0.1) is 0 Å². The quantitative estimate of drug-likeness (QED) is 0.421. The summed E-state index contributed by atoms with van der Waals surface area (Å²) >= 11 is 4.56. The first-order valence-corrected chi connectivity index (χ1v) is 2.25. The van der Waals surface area contributed by atoms with E-state index in [1.54, 1.807) is 0 Å². The van der Waals surface area contributed by atoms with Crippen LogP contribution in [0.25, 0.3) is 0 Å². The molecule has 0 atom stereocenters. The van der Waals surface area contributed by atoms with Gasteiger partial charge in [0.15, 0.2) is 0 Å². The highest BCUT2D eigenvalue weighted by Gasteiger charge is 2.22. The second kappa shape index (κ2) is 2.87. The van der Waals surface area contributed by atoms with Crippen molar-refractivity contribution in [2.75, 3.05) is 0 Å². The third-order valence-electron chi connectivity index (χ3n) is 0.403. The topological polar surface area (TPSA) is 17.1 Å². The summed E-state index contributed by atoms with van der Waals surface area (Å²) < 4.78 is 33.4. The molecule has 0 saturated heterocycles. The van der Waals surface area contributed by atoms with Gasteiger partial charge in [0.05, 0.1) is 0 Å². The van der Waals surface area contributed by atoms with Gasteiger partial charge in [-0.2, -0.15) is 13.2 Å². The molecule has 0 aromatic heterocycles. The largest absolute Gasteiger partial charge is 0.409 e. The Bertz CT molecular complexity index is 137. The molecule has 5 heteroatoms. The van der Waals surface area contributed by atoms with E-state index >= 15 is 0 Å². The van der Waals surface area contributed by atoms with Crippen LogP contribution in [0.5, 0.6) is 0 Å². The molecule has 52 valence electrons. The van der Waals surface area contributed by atoms with Crippen molar-refractivity contribution in [3.8, 4) is 0 Å². The van der Waals surface area contributed by atoms with Crippen LogP contribution < -0.4 is 0 Å². The van der Waals surface area contributed by atoms with E-state index in [2.05, 4.69) is 11.6 Å². The molecule has 0 saturated carbocycles. The number of carbonyl (C=O) groups excluding carboxylic acids is 1. The average Bonchev–Trinajstić information content (AvgIpc) is 1.59. The molecule has 0 aliphatic heterocycles. The zero-order valence-electron chi connectivity index (χ0n) is 4.07. The zero-order chi connectivity index (χ0) is 7.49. The third kappa shape index (κ3) is 7.49. The van der Waals surface area contributed by atoms with E-state index in [0.717, 1.165) is 0 Å². The first kappa shape index (κ1) is 8.49. The standard InChI is InChI=1S/C4H2ClF3O/c5-3(9)1-2-4(6,7)8/h1-2H. The number of alkyl halides is 3. The van der Waals surface area contributed by atoms with Crippen molar-refractivity contribution >= 4 is 16.8 Å². The Balaban J connectivity index is 3.86. The van der Waals surface area contributed by atoms with Crippen molar-refractivity contribution in [3.63, 3.8) is 0 Å². The minimum Gasteiger partial charge on any atom is -0.276 e. The molecule has 0 radical (unpaired) electrons. The SMILES string of the molecule is O=C(Cl)C=CC(F)(F)F. The fourth-order valence-corrected chi connectivity index (χ4v) is 0.223. The Morgan fingerprint density at radius 3 is 2.00 bits per heavy atom. The van der Waals surface area contributed by atoms with Crippen LogP contribution in [0.2, 0.25) is 0 Å². The average molecular weight is 159 g/mol. The summed E-state index contributed by atoms with van der Waals surface area (Å²) in [6.45, 7) is 0. The number of allylic oxidation sites excluding steroid dienone is 2. The number of hydrogen-bond acceptors (Lipinski definition) is 1. The van der Waals surface area contributed by atoms with Crippen molar-refractivity contribution in [2.45, 2.75) is 6.18 Å². The van der Waals surface area contributed by atoms with E-state index in [4.69, 9.17) is 0 Å². The van der Waals surface area contributed by atoms with Crippen LogP contribution in [0.3, 0.4) is 0 Å². The van der Waals surface area contributed by atoms with Gasteiger partial charge in [-0.3, -0.25) is 4.79 Å². The number of rotatable bonds is 1. The van der Waals surface area contributed by atoms with E-state index in [-0.39, 0.29) is 12.2 Å². The molecule has 0 aliphatic carbocycles. The highest BCUT2D eigenvalue weighted by molar-refractivity contribution is 6.66. The first-order chi connectivity index (χ1) is 3.92. The van der Waals surface area contributed by atoms with Gasteiger partial charge in [-0.25, -0.2) is 0 Å². The summed E-state index contributed by atoms with van der Waals surface area (Å²) in [5.41, 5.74) is 0. The van der Waals surface area contributed by atoms with Gasteiger partial charge < -0.3 is 0 Å². The molecule has 1 nitrogen and oxygen atoms in total. The molecule has 0 rings (SSSR count). The second-order valence-electron chi connectivity index (χ2n) is 1.18. The van der Waals surface area contributed by atoms with Gasteiger partial charge in [0.1, 0.15) is 0 Å². The maximum atomic E-state index is 11.1. The van der Waals surface area contributed by atoms with Gasteiger partial charge in [0, 0.05) is 12.2 Å². The normalized spacial score (nSPS) is 12.4. The van der Waals surface area contributed by atoms with Crippen molar-refractivity contribution in [1.82, 2.24) is 0 Å². The fraction of sp³-hybridized carbons (Fsp3) is 0.250. The Morgan fingerprint density at radius 1 is 1.44 bits per heavy atom. The van der Waals surface area contributed by atoms with Crippen LogP contribution in [-0.2, 0) is 4.79 Å².